The lowest BCUT2D eigenvalue weighted by molar-refractivity contribution is 0.475. The Balaban J connectivity index is 2.34. The Bertz CT molecular complexity index is 412. The van der Waals surface area contributed by atoms with Crippen molar-refractivity contribution >= 4 is 0 Å². The SMILES string of the molecule is CCCCCCCCCCC(C=C(C)C)c1ccc(O)cc1. The Morgan fingerprint density at radius 1 is 0.909 bits per heavy atom. The number of phenolic OH excluding ortho intramolecular Hbond substituents is 1. The monoisotopic (exact) mass is 302 g/mol. The number of hydrogen-bond acceptors (Lipinski definition) is 1. The summed E-state index contributed by atoms with van der Waals surface area (Å²) in [6, 6.07) is 7.72. The van der Waals surface area contributed by atoms with E-state index in [0.29, 0.717) is 11.7 Å². The number of aromatic hydroxyl groups is 1. The molecule has 0 aliphatic carbocycles. The third kappa shape index (κ3) is 8.26. The summed E-state index contributed by atoms with van der Waals surface area (Å²) in [6.45, 7) is 6.61. The Morgan fingerprint density at radius 2 is 1.45 bits per heavy atom. The second-order valence-electron chi connectivity index (χ2n) is 6.71. The molecular weight excluding hydrogens is 268 g/mol. The first-order chi connectivity index (χ1) is 10.6. The van der Waals surface area contributed by atoms with Crippen LogP contribution in [0.2, 0.25) is 0 Å². The lowest BCUT2D eigenvalue weighted by Gasteiger charge is -2.14. The van der Waals surface area contributed by atoms with Gasteiger partial charge in [-0.05, 0) is 38.0 Å². The van der Waals surface area contributed by atoms with Crippen LogP contribution in [0.3, 0.4) is 0 Å². The van der Waals surface area contributed by atoms with Gasteiger partial charge in [0.1, 0.15) is 5.75 Å². The minimum atomic E-state index is 0.353. The van der Waals surface area contributed by atoms with E-state index >= 15 is 0 Å². The van der Waals surface area contributed by atoms with Gasteiger partial charge in [0.05, 0.1) is 0 Å². The minimum Gasteiger partial charge on any atom is -0.508 e. The average Bonchev–Trinajstić information content (AvgIpc) is 2.49. The van der Waals surface area contributed by atoms with Gasteiger partial charge in [-0.15, -0.1) is 0 Å². The standard InChI is InChI=1S/C21H34O/c1-4-5-6-7-8-9-10-11-12-20(17-18(2)3)19-13-15-21(22)16-14-19/h13-17,20,22H,4-12H2,1-3H3. The van der Waals surface area contributed by atoms with Crippen molar-refractivity contribution in [2.24, 2.45) is 0 Å². The first kappa shape index (κ1) is 18.8. The van der Waals surface area contributed by atoms with Crippen molar-refractivity contribution in [2.75, 3.05) is 0 Å². The van der Waals surface area contributed by atoms with Gasteiger partial charge < -0.3 is 5.11 Å². The summed E-state index contributed by atoms with van der Waals surface area (Å²) >= 11 is 0. The quantitative estimate of drug-likeness (QED) is 0.345. The first-order valence-corrected chi connectivity index (χ1v) is 9.07. The molecule has 1 aromatic carbocycles. The maximum Gasteiger partial charge on any atom is 0.115 e. The van der Waals surface area contributed by atoms with E-state index in [0.717, 1.165) is 0 Å². The summed E-state index contributed by atoms with van der Waals surface area (Å²) in [4.78, 5) is 0. The van der Waals surface area contributed by atoms with Crippen LogP contribution in [0.1, 0.15) is 90.0 Å². The molecule has 0 aromatic heterocycles. The van der Waals surface area contributed by atoms with Crippen LogP contribution in [0.5, 0.6) is 5.75 Å². The number of unbranched alkanes of at least 4 members (excludes halogenated alkanes) is 7. The summed E-state index contributed by atoms with van der Waals surface area (Å²) < 4.78 is 0. The van der Waals surface area contributed by atoms with Crippen LogP contribution in [-0.4, -0.2) is 5.11 Å². The fourth-order valence-corrected chi connectivity index (χ4v) is 2.97. The smallest absolute Gasteiger partial charge is 0.115 e. The molecule has 0 heterocycles. The number of hydrogen-bond donors (Lipinski definition) is 1. The van der Waals surface area contributed by atoms with E-state index in [1.807, 2.05) is 0 Å². The number of rotatable bonds is 11. The van der Waals surface area contributed by atoms with Crippen LogP contribution < -0.4 is 0 Å². The summed E-state index contributed by atoms with van der Waals surface area (Å²) in [5, 5.41) is 9.44. The zero-order chi connectivity index (χ0) is 16.2. The van der Waals surface area contributed by atoms with Crippen molar-refractivity contribution in [1.29, 1.82) is 0 Å². The highest BCUT2D eigenvalue weighted by atomic mass is 16.3. The molecule has 0 spiro atoms. The summed E-state index contributed by atoms with van der Waals surface area (Å²) in [5.41, 5.74) is 2.69. The van der Waals surface area contributed by atoms with Gasteiger partial charge in [0, 0.05) is 5.92 Å². The van der Waals surface area contributed by atoms with E-state index in [-0.39, 0.29) is 0 Å². The predicted molar refractivity (Wildman–Crippen MR) is 97.5 cm³/mol. The van der Waals surface area contributed by atoms with Gasteiger partial charge in [0.2, 0.25) is 0 Å². The summed E-state index contributed by atoms with van der Waals surface area (Å²) in [6.07, 6.45) is 14.5. The molecule has 0 saturated carbocycles. The van der Waals surface area contributed by atoms with Crippen molar-refractivity contribution < 1.29 is 5.11 Å². The Hall–Kier alpha value is -1.24. The van der Waals surface area contributed by atoms with Gasteiger partial charge in [-0.1, -0.05) is 82.1 Å². The molecule has 1 N–H and O–H groups in total. The fourth-order valence-electron chi connectivity index (χ4n) is 2.97. The second-order valence-corrected chi connectivity index (χ2v) is 6.71. The zero-order valence-electron chi connectivity index (χ0n) is 14.8. The van der Waals surface area contributed by atoms with E-state index in [2.05, 4.69) is 39.0 Å². The van der Waals surface area contributed by atoms with E-state index < -0.39 is 0 Å². The molecule has 22 heavy (non-hydrogen) atoms. The summed E-state index contributed by atoms with van der Waals surface area (Å²) in [7, 11) is 0. The van der Waals surface area contributed by atoms with Crippen molar-refractivity contribution in [2.45, 2.75) is 84.5 Å². The molecule has 1 nitrogen and oxygen atoms in total. The van der Waals surface area contributed by atoms with E-state index in [9.17, 15) is 5.11 Å². The van der Waals surface area contributed by atoms with Crippen LogP contribution >= 0.6 is 0 Å². The van der Waals surface area contributed by atoms with Gasteiger partial charge in [-0.25, -0.2) is 0 Å². The molecule has 0 aliphatic heterocycles. The highest BCUT2D eigenvalue weighted by Gasteiger charge is 2.08. The van der Waals surface area contributed by atoms with Gasteiger partial charge in [0.15, 0.2) is 0 Å². The molecule has 124 valence electrons. The molecule has 0 amide bonds. The third-order valence-electron chi connectivity index (χ3n) is 4.22. The zero-order valence-corrected chi connectivity index (χ0v) is 14.8. The molecule has 0 aliphatic rings. The highest BCUT2D eigenvalue weighted by molar-refractivity contribution is 5.31. The predicted octanol–water partition coefficient (Wildman–Crippen LogP) is 6.97. The molecule has 0 radical (unpaired) electrons. The first-order valence-electron chi connectivity index (χ1n) is 9.07. The number of allylic oxidation sites excluding steroid dienone is 2. The second kappa shape index (κ2) is 11.3. The minimum absolute atomic E-state index is 0.353. The molecule has 0 bridgehead atoms. The van der Waals surface area contributed by atoms with E-state index in [4.69, 9.17) is 0 Å². The normalized spacial score (nSPS) is 12.1. The Labute approximate surface area is 137 Å². The van der Waals surface area contributed by atoms with Crippen LogP contribution in [-0.2, 0) is 0 Å². The fraction of sp³-hybridized carbons (Fsp3) is 0.619. The van der Waals surface area contributed by atoms with Crippen LogP contribution in [0.25, 0.3) is 0 Å². The van der Waals surface area contributed by atoms with Crippen molar-refractivity contribution in [3.05, 3.63) is 41.5 Å². The van der Waals surface area contributed by atoms with Crippen molar-refractivity contribution in [3.8, 4) is 5.75 Å². The van der Waals surface area contributed by atoms with Crippen LogP contribution in [0.4, 0.5) is 0 Å². The largest absolute Gasteiger partial charge is 0.508 e. The van der Waals surface area contributed by atoms with Crippen molar-refractivity contribution in [3.63, 3.8) is 0 Å². The number of phenols is 1. The molecule has 1 heteroatoms. The molecule has 1 rings (SSSR count). The molecular formula is C21H34O. The molecule has 1 unspecified atom stereocenters. The Morgan fingerprint density at radius 3 is 2.00 bits per heavy atom. The van der Waals surface area contributed by atoms with Gasteiger partial charge in [0.25, 0.3) is 0 Å². The maximum absolute atomic E-state index is 9.44. The topological polar surface area (TPSA) is 20.2 Å². The highest BCUT2D eigenvalue weighted by Crippen LogP contribution is 2.27. The van der Waals surface area contributed by atoms with E-state index in [1.165, 1.54) is 68.9 Å². The van der Waals surface area contributed by atoms with Gasteiger partial charge in [-0.2, -0.15) is 0 Å². The molecule has 1 aromatic rings. The Kier molecular flexibility index (Phi) is 9.70. The molecule has 0 saturated heterocycles. The van der Waals surface area contributed by atoms with Crippen LogP contribution in [0.15, 0.2) is 35.9 Å². The maximum atomic E-state index is 9.44. The van der Waals surface area contributed by atoms with Gasteiger partial charge >= 0.3 is 0 Å². The average molecular weight is 303 g/mol. The summed E-state index contributed by atoms with van der Waals surface area (Å²) in [5.74, 6) is 0.845. The lowest BCUT2D eigenvalue weighted by Crippen LogP contribution is -1.96. The third-order valence-corrected chi connectivity index (χ3v) is 4.22. The lowest BCUT2D eigenvalue weighted by atomic mass is 9.91. The molecule has 0 fully saturated rings. The van der Waals surface area contributed by atoms with E-state index in [1.54, 1.807) is 12.1 Å². The van der Waals surface area contributed by atoms with Crippen LogP contribution in [0, 0.1) is 0 Å². The van der Waals surface area contributed by atoms with Crippen molar-refractivity contribution in [1.82, 2.24) is 0 Å². The number of benzene rings is 1. The molecule has 1 atom stereocenters. The van der Waals surface area contributed by atoms with Gasteiger partial charge in [-0.3, -0.25) is 0 Å².